The third-order valence-corrected chi connectivity index (χ3v) is 4.37. The molecule has 1 aliphatic heterocycles. The number of guanidine groups is 1. The van der Waals surface area contributed by atoms with Crippen molar-refractivity contribution in [3.05, 3.63) is 35.4 Å². The van der Waals surface area contributed by atoms with Gasteiger partial charge in [0.15, 0.2) is 5.96 Å². The molecule has 1 heterocycles. The van der Waals surface area contributed by atoms with Gasteiger partial charge in [0.2, 0.25) is 0 Å². The van der Waals surface area contributed by atoms with Crippen LogP contribution in [0.2, 0.25) is 0 Å². The highest BCUT2D eigenvalue weighted by atomic mass is 127. The van der Waals surface area contributed by atoms with E-state index in [1.807, 2.05) is 6.92 Å². The standard InChI is InChI=1S/C21H35N3O3.HI/c1-3-22-21(23-11-6-12-25-4-2)24-16-18-7-5-8-19(15-18)17-27-20-9-13-26-14-10-20;/h5,7-8,15,20H,3-4,6,9-14,16-17H2,1-2H3,(H2,22,23,24);1H. The SMILES string of the molecule is CCNC(=NCc1cccc(COC2CCOCC2)c1)NCCCOCC.I. The van der Waals surface area contributed by atoms with Crippen LogP contribution in [0.1, 0.15) is 44.2 Å². The maximum Gasteiger partial charge on any atom is 0.191 e. The first-order chi connectivity index (χ1) is 13.3. The van der Waals surface area contributed by atoms with E-state index in [-0.39, 0.29) is 24.0 Å². The summed E-state index contributed by atoms with van der Waals surface area (Å²) in [7, 11) is 0. The Morgan fingerprint density at radius 2 is 1.96 bits per heavy atom. The normalized spacial score (nSPS) is 15.1. The van der Waals surface area contributed by atoms with Gasteiger partial charge in [-0.2, -0.15) is 0 Å². The summed E-state index contributed by atoms with van der Waals surface area (Å²) >= 11 is 0. The van der Waals surface area contributed by atoms with E-state index in [9.17, 15) is 0 Å². The fraction of sp³-hybridized carbons (Fsp3) is 0.667. The average molecular weight is 505 g/mol. The van der Waals surface area contributed by atoms with Gasteiger partial charge in [-0.3, -0.25) is 0 Å². The van der Waals surface area contributed by atoms with Crippen molar-refractivity contribution in [2.24, 2.45) is 4.99 Å². The third kappa shape index (κ3) is 10.6. The molecule has 1 aromatic carbocycles. The first-order valence-corrected chi connectivity index (χ1v) is 10.2. The zero-order valence-electron chi connectivity index (χ0n) is 17.2. The van der Waals surface area contributed by atoms with Gasteiger partial charge in [0.05, 0.1) is 19.3 Å². The summed E-state index contributed by atoms with van der Waals surface area (Å²) in [6.45, 7) is 10.2. The van der Waals surface area contributed by atoms with E-state index in [0.29, 0.717) is 19.3 Å². The summed E-state index contributed by atoms with van der Waals surface area (Å²) in [4.78, 5) is 4.69. The lowest BCUT2D eigenvalue weighted by atomic mass is 10.1. The van der Waals surface area contributed by atoms with Gasteiger partial charge in [-0.15, -0.1) is 24.0 Å². The number of benzene rings is 1. The summed E-state index contributed by atoms with van der Waals surface area (Å²) in [5, 5.41) is 6.64. The second kappa shape index (κ2) is 16.0. The predicted molar refractivity (Wildman–Crippen MR) is 124 cm³/mol. The number of rotatable bonds is 11. The van der Waals surface area contributed by atoms with Gasteiger partial charge in [-0.05, 0) is 44.2 Å². The lowest BCUT2D eigenvalue weighted by molar-refractivity contribution is -0.0390. The summed E-state index contributed by atoms with van der Waals surface area (Å²) in [5.41, 5.74) is 2.39. The van der Waals surface area contributed by atoms with Crippen molar-refractivity contribution >= 4 is 29.9 Å². The zero-order valence-corrected chi connectivity index (χ0v) is 19.6. The van der Waals surface area contributed by atoms with E-state index < -0.39 is 0 Å². The van der Waals surface area contributed by atoms with Crippen LogP contribution in [0.5, 0.6) is 0 Å². The van der Waals surface area contributed by atoms with Gasteiger partial charge in [-0.1, -0.05) is 24.3 Å². The molecule has 1 aromatic rings. The van der Waals surface area contributed by atoms with Gasteiger partial charge < -0.3 is 24.8 Å². The molecule has 0 amide bonds. The molecule has 0 saturated carbocycles. The molecule has 28 heavy (non-hydrogen) atoms. The zero-order chi connectivity index (χ0) is 19.2. The molecular formula is C21H36IN3O3. The maximum absolute atomic E-state index is 6.02. The van der Waals surface area contributed by atoms with Crippen LogP contribution in [0.25, 0.3) is 0 Å². The van der Waals surface area contributed by atoms with E-state index in [2.05, 4.69) is 46.8 Å². The Kier molecular flexibility index (Phi) is 14.3. The predicted octanol–water partition coefficient (Wildman–Crippen LogP) is 3.48. The van der Waals surface area contributed by atoms with Crippen LogP contribution in [0.15, 0.2) is 29.3 Å². The minimum absolute atomic E-state index is 0. The highest BCUT2D eigenvalue weighted by Gasteiger charge is 2.13. The summed E-state index contributed by atoms with van der Waals surface area (Å²) in [6, 6.07) is 8.49. The second-order valence-electron chi connectivity index (χ2n) is 6.62. The Balaban J connectivity index is 0.00000392. The van der Waals surface area contributed by atoms with Crippen molar-refractivity contribution in [1.82, 2.24) is 10.6 Å². The van der Waals surface area contributed by atoms with Crippen LogP contribution < -0.4 is 10.6 Å². The average Bonchev–Trinajstić information content (AvgIpc) is 2.71. The van der Waals surface area contributed by atoms with Crippen LogP contribution in [-0.2, 0) is 27.4 Å². The Bertz CT molecular complexity index is 551. The van der Waals surface area contributed by atoms with Gasteiger partial charge >= 0.3 is 0 Å². The summed E-state index contributed by atoms with van der Waals surface area (Å²) in [5.74, 6) is 0.845. The minimum Gasteiger partial charge on any atom is -0.382 e. The van der Waals surface area contributed by atoms with Crippen molar-refractivity contribution in [1.29, 1.82) is 0 Å². The molecule has 0 bridgehead atoms. The molecule has 1 aliphatic rings. The molecule has 160 valence electrons. The van der Waals surface area contributed by atoms with E-state index in [0.717, 1.165) is 64.7 Å². The van der Waals surface area contributed by atoms with Gasteiger partial charge in [0.1, 0.15) is 0 Å². The molecule has 2 rings (SSSR count). The van der Waals surface area contributed by atoms with Crippen molar-refractivity contribution in [3.8, 4) is 0 Å². The molecule has 0 atom stereocenters. The minimum atomic E-state index is 0. The molecule has 7 heteroatoms. The van der Waals surface area contributed by atoms with Crippen molar-refractivity contribution in [2.75, 3.05) is 39.5 Å². The first kappa shape index (κ1) is 25.1. The largest absolute Gasteiger partial charge is 0.382 e. The quantitative estimate of drug-likeness (QED) is 0.209. The smallest absolute Gasteiger partial charge is 0.191 e. The lowest BCUT2D eigenvalue weighted by Gasteiger charge is -2.22. The molecule has 0 spiro atoms. The van der Waals surface area contributed by atoms with E-state index in [1.165, 1.54) is 11.1 Å². The molecule has 1 fully saturated rings. The number of aliphatic imine (C=N–C) groups is 1. The van der Waals surface area contributed by atoms with E-state index >= 15 is 0 Å². The molecule has 0 aliphatic carbocycles. The van der Waals surface area contributed by atoms with Gasteiger partial charge in [0.25, 0.3) is 0 Å². The topological polar surface area (TPSA) is 64.1 Å². The monoisotopic (exact) mass is 505 g/mol. The number of nitrogens with one attached hydrogen (secondary N) is 2. The molecule has 0 aromatic heterocycles. The van der Waals surface area contributed by atoms with Crippen molar-refractivity contribution in [3.63, 3.8) is 0 Å². The fourth-order valence-corrected chi connectivity index (χ4v) is 2.91. The number of hydrogen-bond donors (Lipinski definition) is 2. The second-order valence-corrected chi connectivity index (χ2v) is 6.62. The van der Waals surface area contributed by atoms with Crippen LogP contribution in [0.3, 0.4) is 0 Å². The molecule has 0 unspecified atom stereocenters. The highest BCUT2D eigenvalue weighted by Crippen LogP contribution is 2.14. The maximum atomic E-state index is 6.02. The Labute approximate surface area is 186 Å². The number of ether oxygens (including phenoxy) is 3. The Morgan fingerprint density at radius 1 is 1.18 bits per heavy atom. The van der Waals surface area contributed by atoms with E-state index in [1.54, 1.807) is 0 Å². The van der Waals surface area contributed by atoms with Crippen LogP contribution >= 0.6 is 24.0 Å². The fourth-order valence-electron chi connectivity index (χ4n) is 2.91. The highest BCUT2D eigenvalue weighted by molar-refractivity contribution is 14.0. The molecule has 6 nitrogen and oxygen atoms in total. The Morgan fingerprint density at radius 3 is 2.71 bits per heavy atom. The lowest BCUT2D eigenvalue weighted by Crippen LogP contribution is -2.38. The number of halogens is 1. The van der Waals surface area contributed by atoms with Gasteiger partial charge in [-0.25, -0.2) is 4.99 Å². The third-order valence-electron chi connectivity index (χ3n) is 4.37. The summed E-state index contributed by atoms with van der Waals surface area (Å²) in [6.07, 6.45) is 3.27. The van der Waals surface area contributed by atoms with Crippen molar-refractivity contribution in [2.45, 2.75) is 52.4 Å². The molecule has 0 radical (unpaired) electrons. The molecule has 2 N–H and O–H groups in total. The molecule has 1 saturated heterocycles. The van der Waals surface area contributed by atoms with Gasteiger partial charge in [0, 0.05) is 39.5 Å². The number of hydrogen-bond acceptors (Lipinski definition) is 4. The van der Waals surface area contributed by atoms with Crippen LogP contribution in [0.4, 0.5) is 0 Å². The summed E-state index contributed by atoms with van der Waals surface area (Å²) < 4.78 is 16.8. The van der Waals surface area contributed by atoms with E-state index in [4.69, 9.17) is 14.2 Å². The van der Waals surface area contributed by atoms with Crippen molar-refractivity contribution < 1.29 is 14.2 Å². The Hall–Kier alpha value is -0.900. The van der Waals surface area contributed by atoms with Crippen LogP contribution in [0, 0.1) is 0 Å². The molecular weight excluding hydrogens is 469 g/mol. The van der Waals surface area contributed by atoms with Crippen LogP contribution in [-0.4, -0.2) is 51.6 Å². The number of nitrogens with zero attached hydrogens (tertiary/aromatic N) is 1. The first-order valence-electron chi connectivity index (χ1n) is 10.2.